The second-order valence-electron chi connectivity index (χ2n) is 2.05. The van der Waals surface area contributed by atoms with Crippen LogP contribution in [0.3, 0.4) is 0 Å². The maximum atomic E-state index is 9.12. The Hall–Kier alpha value is -0.850. The smallest absolute Gasteiger partial charge is 0.166 e. The Balaban J connectivity index is 3.05. The lowest BCUT2D eigenvalue weighted by molar-refractivity contribution is 0.235. The Morgan fingerprint density at radius 3 is 2.64 bits per heavy atom. The molecule has 0 saturated carbocycles. The molecular formula is C8H6BrNO. The predicted molar refractivity (Wildman–Crippen MR) is 44.7 cm³/mol. The molecule has 1 aromatic rings. The molecule has 0 fully saturated rings. The van der Waals surface area contributed by atoms with E-state index in [4.69, 9.17) is 10.4 Å². The van der Waals surface area contributed by atoms with Crippen LogP contribution in [0.15, 0.2) is 28.7 Å². The highest BCUT2D eigenvalue weighted by Crippen LogP contribution is 2.21. The third kappa shape index (κ3) is 1.79. The number of nitriles is 1. The highest BCUT2D eigenvalue weighted by Gasteiger charge is 2.07. The van der Waals surface area contributed by atoms with Gasteiger partial charge in [0.15, 0.2) is 6.10 Å². The van der Waals surface area contributed by atoms with Crippen molar-refractivity contribution in [1.82, 2.24) is 0 Å². The Bertz CT molecular complexity index is 292. The number of nitrogens with zero attached hydrogens (tertiary/aromatic N) is 1. The molecule has 0 bridgehead atoms. The molecule has 3 heteroatoms. The monoisotopic (exact) mass is 211 g/mol. The number of hydrogen-bond donors (Lipinski definition) is 1. The van der Waals surface area contributed by atoms with Gasteiger partial charge in [0.05, 0.1) is 6.07 Å². The van der Waals surface area contributed by atoms with Crippen molar-refractivity contribution >= 4 is 15.9 Å². The van der Waals surface area contributed by atoms with Gasteiger partial charge in [0.25, 0.3) is 0 Å². The number of halogens is 1. The molecule has 1 atom stereocenters. The minimum absolute atomic E-state index is 0.606. The zero-order chi connectivity index (χ0) is 8.27. The molecule has 1 aromatic carbocycles. The van der Waals surface area contributed by atoms with Crippen molar-refractivity contribution in [3.8, 4) is 6.07 Å². The molecule has 0 saturated heterocycles. The van der Waals surface area contributed by atoms with Crippen LogP contribution in [0, 0.1) is 11.3 Å². The summed E-state index contributed by atoms with van der Waals surface area (Å²) in [6.45, 7) is 0. The number of hydrogen-bond acceptors (Lipinski definition) is 2. The van der Waals surface area contributed by atoms with Gasteiger partial charge in [-0.3, -0.25) is 0 Å². The van der Waals surface area contributed by atoms with E-state index in [1.54, 1.807) is 24.3 Å². The predicted octanol–water partition coefficient (Wildman–Crippen LogP) is 2.01. The van der Waals surface area contributed by atoms with E-state index in [9.17, 15) is 0 Å². The average molecular weight is 212 g/mol. The summed E-state index contributed by atoms with van der Waals surface area (Å²) in [7, 11) is 0. The van der Waals surface area contributed by atoms with E-state index in [-0.39, 0.29) is 0 Å². The molecule has 0 heterocycles. The van der Waals surface area contributed by atoms with Crippen LogP contribution in [0.25, 0.3) is 0 Å². The number of rotatable bonds is 1. The van der Waals surface area contributed by atoms with Gasteiger partial charge in [0.1, 0.15) is 0 Å². The third-order valence-corrected chi connectivity index (χ3v) is 2.04. The Labute approximate surface area is 73.2 Å². The van der Waals surface area contributed by atoms with Crippen molar-refractivity contribution in [2.24, 2.45) is 0 Å². The second-order valence-corrected chi connectivity index (χ2v) is 2.91. The van der Waals surface area contributed by atoms with E-state index >= 15 is 0 Å². The summed E-state index contributed by atoms with van der Waals surface area (Å²) >= 11 is 3.23. The lowest BCUT2D eigenvalue weighted by Gasteiger charge is -2.02. The molecule has 1 N–H and O–H groups in total. The fourth-order valence-electron chi connectivity index (χ4n) is 0.766. The summed E-state index contributed by atoms with van der Waals surface area (Å²) in [6.07, 6.45) is -1.04. The zero-order valence-corrected chi connectivity index (χ0v) is 7.25. The van der Waals surface area contributed by atoms with Crippen LogP contribution in [-0.2, 0) is 0 Å². The van der Waals surface area contributed by atoms with Gasteiger partial charge in [-0.25, -0.2) is 0 Å². The van der Waals surface area contributed by atoms with Crippen LogP contribution < -0.4 is 0 Å². The van der Waals surface area contributed by atoms with Crippen LogP contribution in [0.4, 0.5) is 0 Å². The largest absolute Gasteiger partial charge is 0.374 e. The minimum Gasteiger partial charge on any atom is -0.374 e. The Morgan fingerprint density at radius 2 is 2.09 bits per heavy atom. The Morgan fingerprint density at radius 1 is 1.45 bits per heavy atom. The molecule has 0 radical (unpaired) electrons. The molecular weight excluding hydrogens is 206 g/mol. The molecule has 0 unspecified atom stereocenters. The van der Waals surface area contributed by atoms with Crippen LogP contribution >= 0.6 is 15.9 Å². The highest BCUT2D eigenvalue weighted by molar-refractivity contribution is 9.10. The first-order valence-corrected chi connectivity index (χ1v) is 3.87. The summed E-state index contributed by atoms with van der Waals surface area (Å²) in [6, 6.07) is 8.85. The maximum absolute atomic E-state index is 9.12. The van der Waals surface area contributed by atoms with E-state index < -0.39 is 6.10 Å². The molecule has 56 valence electrons. The van der Waals surface area contributed by atoms with E-state index in [0.717, 1.165) is 4.47 Å². The van der Waals surface area contributed by atoms with E-state index in [0.29, 0.717) is 5.56 Å². The highest BCUT2D eigenvalue weighted by atomic mass is 79.9. The van der Waals surface area contributed by atoms with Crippen LogP contribution in [-0.4, -0.2) is 5.11 Å². The summed E-state index contributed by atoms with van der Waals surface area (Å²) in [5, 5.41) is 17.5. The van der Waals surface area contributed by atoms with Gasteiger partial charge >= 0.3 is 0 Å². The van der Waals surface area contributed by atoms with Crippen molar-refractivity contribution in [2.45, 2.75) is 6.10 Å². The van der Waals surface area contributed by atoms with Crippen molar-refractivity contribution in [3.05, 3.63) is 34.3 Å². The average Bonchev–Trinajstić information content (AvgIpc) is 2.04. The first kappa shape index (κ1) is 8.25. The van der Waals surface area contributed by atoms with Crippen molar-refractivity contribution in [1.29, 1.82) is 5.26 Å². The Kier molecular flexibility index (Phi) is 2.64. The topological polar surface area (TPSA) is 44.0 Å². The van der Waals surface area contributed by atoms with Crippen LogP contribution in [0.5, 0.6) is 0 Å². The minimum atomic E-state index is -1.04. The van der Waals surface area contributed by atoms with E-state index in [1.165, 1.54) is 0 Å². The summed E-state index contributed by atoms with van der Waals surface area (Å²) in [5.74, 6) is 0. The molecule has 0 aliphatic heterocycles. The van der Waals surface area contributed by atoms with E-state index in [2.05, 4.69) is 15.9 Å². The SMILES string of the molecule is N#C[C@@H](O)c1ccccc1Br. The zero-order valence-electron chi connectivity index (χ0n) is 5.66. The third-order valence-electron chi connectivity index (χ3n) is 1.32. The van der Waals surface area contributed by atoms with Gasteiger partial charge in [0, 0.05) is 10.0 Å². The molecule has 0 amide bonds. The molecule has 0 aliphatic carbocycles. The van der Waals surface area contributed by atoms with Crippen molar-refractivity contribution < 1.29 is 5.11 Å². The normalized spacial score (nSPS) is 12.1. The fraction of sp³-hybridized carbons (Fsp3) is 0.125. The standard InChI is InChI=1S/C8H6BrNO/c9-7-4-2-1-3-6(7)8(11)5-10/h1-4,8,11H/t8-/m1/s1. The number of aliphatic hydroxyl groups is 1. The quantitative estimate of drug-likeness (QED) is 0.723. The van der Waals surface area contributed by atoms with Crippen LogP contribution in [0.2, 0.25) is 0 Å². The summed E-state index contributed by atoms with van der Waals surface area (Å²) in [5.41, 5.74) is 0.606. The molecule has 11 heavy (non-hydrogen) atoms. The van der Waals surface area contributed by atoms with E-state index in [1.807, 2.05) is 6.07 Å². The lowest BCUT2D eigenvalue weighted by Crippen LogP contribution is -1.93. The molecule has 0 aromatic heterocycles. The summed E-state index contributed by atoms with van der Waals surface area (Å²) in [4.78, 5) is 0. The maximum Gasteiger partial charge on any atom is 0.166 e. The summed E-state index contributed by atoms with van der Waals surface area (Å²) < 4.78 is 0.758. The molecule has 0 aliphatic rings. The van der Waals surface area contributed by atoms with Crippen LogP contribution in [0.1, 0.15) is 11.7 Å². The second kappa shape index (κ2) is 3.51. The number of benzene rings is 1. The lowest BCUT2D eigenvalue weighted by atomic mass is 10.1. The first-order chi connectivity index (χ1) is 5.25. The van der Waals surface area contributed by atoms with Gasteiger partial charge in [-0.05, 0) is 6.07 Å². The van der Waals surface area contributed by atoms with Crippen molar-refractivity contribution in [3.63, 3.8) is 0 Å². The molecule has 2 nitrogen and oxygen atoms in total. The van der Waals surface area contributed by atoms with Gasteiger partial charge < -0.3 is 5.11 Å². The van der Waals surface area contributed by atoms with Crippen molar-refractivity contribution in [2.75, 3.05) is 0 Å². The van der Waals surface area contributed by atoms with Gasteiger partial charge in [-0.2, -0.15) is 5.26 Å². The van der Waals surface area contributed by atoms with Gasteiger partial charge in [0.2, 0.25) is 0 Å². The molecule has 1 rings (SSSR count). The number of aliphatic hydroxyl groups excluding tert-OH is 1. The van der Waals surface area contributed by atoms with Gasteiger partial charge in [-0.15, -0.1) is 0 Å². The van der Waals surface area contributed by atoms with Gasteiger partial charge in [-0.1, -0.05) is 34.1 Å². The first-order valence-electron chi connectivity index (χ1n) is 3.08. The molecule has 0 spiro atoms. The fourth-order valence-corrected chi connectivity index (χ4v) is 1.27.